The molecule has 1 saturated heterocycles. The molecular weight excluding hydrogens is 242 g/mol. The van der Waals surface area contributed by atoms with Gasteiger partial charge in [0.15, 0.2) is 5.13 Å². The average molecular weight is 265 g/mol. The Hall–Kier alpha value is -0.610. The minimum absolute atomic E-state index is 0.293. The van der Waals surface area contributed by atoms with Crippen LogP contribution in [0.4, 0.5) is 5.13 Å². The summed E-state index contributed by atoms with van der Waals surface area (Å²) >= 11 is 1.81. The van der Waals surface area contributed by atoms with Gasteiger partial charge in [0, 0.05) is 36.5 Å². The maximum Gasteiger partial charge on any atom is 0.185 e. The highest BCUT2D eigenvalue weighted by molar-refractivity contribution is 7.13. The first-order valence-corrected chi connectivity index (χ1v) is 7.98. The topological polar surface area (TPSA) is 28.2 Å². The van der Waals surface area contributed by atoms with Gasteiger partial charge in [-0.3, -0.25) is 0 Å². The van der Waals surface area contributed by atoms with E-state index in [1.807, 2.05) is 11.3 Å². The van der Waals surface area contributed by atoms with Crippen molar-refractivity contribution in [1.29, 1.82) is 0 Å². The van der Waals surface area contributed by atoms with Crippen LogP contribution in [0.25, 0.3) is 0 Å². The minimum Gasteiger partial charge on any atom is -0.343 e. The lowest BCUT2D eigenvalue weighted by atomic mass is 10.0. The third kappa shape index (κ3) is 2.69. The molecular formula is C14H23N3S. The van der Waals surface area contributed by atoms with Crippen molar-refractivity contribution in [3.63, 3.8) is 0 Å². The monoisotopic (exact) mass is 265 g/mol. The molecule has 100 valence electrons. The van der Waals surface area contributed by atoms with Crippen LogP contribution in [-0.4, -0.2) is 29.7 Å². The van der Waals surface area contributed by atoms with Crippen molar-refractivity contribution >= 4 is 16.5 Å². The van der Waals surface area contributed by atoms with E-state index in [0.29, 0.717) is 5.54 Å². The van der Waals surface area contributed by atoms with E-state index in [1.165, 1.54) is 43.1 Å². The Morgan fingerprint density at radius 2 is 2.33 bits per heavy atom. The number of aromatic nitrogens is 1. The molecule has 2 aliphatic rings. The Morgan fingerprint density at radius 1 is 1.50 bits per heavy atom. The normalized spacial score (nSPS) is 22.7. The molecule has 0 unspecified atom stereocenters. The second kappa shape index (κ2) is 4.82. The van der Waals surface area contributed by atoms with Gasteiger partial charge in [-0.05, 0) is 39.5 Å². The summed E-state index contributed by atoms with van der Waals surface area (Å²) in [5, 5.41) is 7.01. The molecule has 1 saturated carbocycles. The number of anilines is 1. The number of rotatable bonds is 5. The van der Waals surface area contributed by atoms with Crippen molar-refractivity contribution in [2.45, 2.75) is 57.5 Å². The molecule has 0 aromatic carbocycles. The number of hydrogen-bond acceptors (Lipinski definition) is 4. The molecule has 3 rings (SSSR count). The van der Waals surface area contributed by atoms with Crippen molar-refractivity contribution < 1.29 is 0 Å². The lowest BCUT2D eigenvalue weighted by Crippen LogP contribution is -2.38. The first-order chi connectivity index (χ1) is 8.65. The largest absolute Gasteiger partial charge is 0.343 e. The molecule has 2 heterocycles. The van der Waals surface area contributed by atoms with E-state index in [9.17, 15) is 0 Å². The summed E-state index contributed by atoms with van der Waals surface area (Å²) in [4.78, 5) is 7.29. The highest BCUT2D eigenvalue weighted by Gasteiger charge is 2.33. The van der Waals surface area contributed by atoms with E-state index in [4.69, 9.17) is 4.98 Å². The third-order valence-corrected chi connectivity index (χ3v) is 4.98. The molecule has 0 amide bonds. The van der Waals surface area contributed by atoms with Gasteiger partial charge in [0.1, 0.15) is 0 Å². The number of hydrogen-bond donors (Lipinski definition) is 1. The molecule has 1 aromatic rings. The van der Waals surface area contributed by atoms with Gasteiger partial charge in [0.2, 0.25) is 0 Å². The summed E-state index contributed by atoms with van der Waals surface area (Å²) in [5.74, 6) is 0. The first-order valence-electron chi connectivity index (χ1n) is 7.10. The smallest absolute Gasteiger partial charge is 0.185 e. The molecule has 1 aliphatic heterocycles. The van der Waals surface area contributed by atoms with Gasteiger partial charge in [-0.25, -0.2) is 4.98 Å². The molecule has 0 bridgehead atoms. The van der Waals surface area contributed by atoms with Crippen LogP contribution in [0.1, 0.15) is 45.2 Å². The highest BCUT2D eigenvalue weighted by atomic mass is 32.1. The van der Waals surface area contributed by atoms with Crippen LogP contribution < -0.4 is 10.2 Å². The van der Waals surface area contributed by atoms with Gasteiger partial charge in [-0.15, -0.1) is 11.3 Å². The van der Waals surface area contributed by atoms with Gasteiger partial charge in [0.25, 0.3) is 0 Å². The van der Waals surface area contributed by atoms with E-state index in [-0.39, 0.29) is 0 Å². The summed E-state index contributed by atoms with van der Waals surface area (Å²) in [7, 11) is 0. The van der Waals surface area contributed by atoms with E-state index in [2.05, 4.69) is 29.4 Å². The van der Waals surface area contributed by atoms with Crippen LogP contribution in [0.5, 0.6) is 0 Å². The van der Waals surface area contributed by atoms with Gasteiger partial charge in [-0.2, -0.15) is 0 Å². The average Bonchev–Trinajstić information content (AvgIpc) is 2.90. The zero-order valence-electron chi connectivity index (χ0n) is 11.4. The SMILES string of the molecule is CC1(C)CCCN1c1nc(CCNC2CC2)cs1. The van der Waals surface area contributed by atoms with Crippen LogP contribution in [0.15, 0.2) is 5.38 Å². The second-order valence-corrected chi connectivity index (χ2v) is 7.00. The maximum atomic E-state index is 4.81. The molecule has 1 N–H and O–H groups in total. The highest BCUT2D eigenvalue weighted by Crippen LogP contribution is 2.35. The van der Waals surface area contributed by atoms with Crippen molar-refractivity contribution in [1.82, 2.24) is 10.3 Å². The Labute approximate surface area is 114 Å². The summed E-state index contributed by atoms with van der Waals surface area (Å²) in [6.45, 7) is 6.91. The molecule has 18 heavy (non-hydrogen) atoms. The van der Waals surface area contributed by atoms with Gasteiger partial charge in [-0.1, -0.05) is 0 Å². The zero-order valence-corrected chi connectivity index (χ0v) is 12.2. The van der Waals surface area contributed by atoms with Crippen LogP contribution in [0, 0.1) is 0 Å². The first kappa shape index (κ1) is 12.4. The third-order valence-electron chi connectivity index (χ3n) is 4.06. The Morgan fingerprint density at radius 3 is 3.00 bits per heavy atom. The van der Waals surface area contributed by atoms with E-state index in [1.54, 1.807) is 0 Å². The molecule has 1 aromatic heterocycles. The van der Waals surface area contributed by atoms with Gasteiger partial charge < -0.3 is 10.2 Å². The van der Waals surface area contributed by atoms with Gasteiger partial charge in [0.05, 0.1) is 5.69 Å². The molecule has 1 aliphatic carbocycles. The van der Waals surface area contributed by atoms with E-state index < -0.39 is 0 Å². The fraction of sp³-hybridized carbons (Fsp3) is 0.786. The molecule has 0 spiro atoms. The summed E-state index contributed by atoms with van der Waals surface area (Å²) in [6.07, 6.45) is 6.38. The molecule has 2 fully saturated rings. The molecule has 0 radical (unpaired) electrons. The van der Waals surface area contributed by atoms with Gasteiger partial charge >= 0.3 is 0 Å². The Balaban J connectivity index is 1.58. The summed E-state index contributed by atoms with van der Waals surface area (Å²) in [6, 6.07) is 0.806. The van der Waals surface area contributed by atoms with E-state index >= 15 is 0 Å². The van der Waals surface area contributed by atoms with Crippen LogP contribution in [0.3, 0.4) is 0 Å². The number of nitrogens with one attached hydrogen (secondary N) is 1. The van der Waals surface area contributed by atoms with Crippen molar-refractivity contribution in [3.05, 3.63) is 11.1 Å². The Bertz CT molecular complexity index is 409. The lowest BCUT2D eigenvalue weighted by molar-refractivity contribution is 0.517. The zero-order chi connectivity index (χ0) is 12.6. The predicted molar refractivity (Wildman–Crippen MR) is 77.5 cm³/mol. The molecule has 4 heteroatoms. The summed E-state index contributed by atoms with van der Waals surface area (Å²) in [5.41, 5.74) is 1.55. The quantitative estimate of drug-likeness (QED) is 0.887. The number of thiazole rings is 1. The maximum absolute atomic E-state index is 4.81. The minimum atomic E-state index is 0.293. The van der Waals surface area contributed by atoms with Crippen molar-refractivity contribution in [2.75, 3.05) is 18.0 Å². The summed E-state index contributed by atoms with van der Waals surface area (Å²) < 4.78 is 0. The predicted octanol–water partition coefficient (Wildman–Crippen LogP) is 2.82. The Kier molecular flexibility index (Phi) is 3.32. The van der Waals surface area contributed by atoms with E-state index in [0.717, 1.165) is 19.0 Å². The lowest BCUT2D eigenvalue weighted by Gasteiger charge is -2.31. The molecule has 0 atom stereocenters. The van der Waals surface area contributed by atoms with Crippen LogP contribution in [-0.2, 0) is 6.42 Å². The fourth-order valence-corrected chi connectivity index (χ4v) is 3.74. The second-order valence-electron chi connectivity index (χ2n) is 6.17. The van der Waals surface area contributed by atoms with Crippen LogP contribution >= 0.6 is 11.3 Å². The van der Waals surface area contributed by atoms with Crippen molar-refractivity contribution in [3.8, 4) is 0 Å². The van der Waals surface area contributed by atoms with Crippen LogP contribution in [0.2, 0.25) is 0 Å². The fourth-order valence-electron chi connectivity index (χ4n) is 2.69. The standard InChI is InChI=1S/C14H23N3S/c1-14(2)7-3-9-17(14)13-16-12(10-18-13)6-8-15-11-4-5-11/h10-11,15H,3-9H2,1-2H3. The number of nitrogens with zero attached hydrogens (tertiary/aromatic N) is 2. The van der Waals surface area contributed by atoms with Crippen molar-refractivity contribution in [2.24, 2.45) is 0 Å². The molecule has 3 nitrogen and oxygen atoms in total.